The van der Waals surface area contributed by atoms with E-state index in [1.807, 2.05) is 0 Å². The van der Waals surface area contributed by atoms with Gasteiger partial charge in [0.2, 0.25) is 0 Å². The lowest BCUT2D eigenvalue weighted by Crippen LogP contribution is -2.09. The molecule has 18 heavy (non-hydrogen) atoms. The molecule has 0 fully saturated rings. The summed E-state index contributed by atoms with van der Waals surface area (Å²) in [7, 11) is 0. The third kappa shape index (κ3) is 2.33. The summed E-state index contributed by atoms with van der Waals surface area (Å²) >= 11 is 0. The Morgan fingerprint density at radius 3 is 2.56 bits per heavy atom. The molecule has 1 heterocycles. The lowest BCUT2D eigenvalue weighted by molar-refractivity contribution is -0.141. The summed E-state index contributed by atoms with van der Waals surface area (Å²) < 4.78 is 51.6. The minimum atomic E-state index is -4.51. The summed E-state index contributed by atoms with van der Waals surface area (Å²) in [5, 5.41) is 8.94. The van der Waals surface area contributed by atoms with E-state index in [0.29, 0.717) is 0 Å². The second-order valence-corrected chi connectivity index (χ2v) is 3.99. The number of aliphatic hydroxyl groups is 1. The predicted octanol–water partition coefficient (Wildman–Crippen LogP) is 3.25. The van der Waals surface area contributed by atoms with Gasteiger partial charge in [-0.3, -0.25) is 0 Å². The molecule has 0 atom stereocenters. The maximum absolute atomic E-state index is 13.1. The van der Waals surface area contributed by atoms with E-state index in [9.17, 15) is 17.6 Å². The van der Waals surface area contributed by atoms with Gasteiger partial charge in [0.15, 0.2) is 0 Å². The normalized spacial score (nSPS) is 12.3. The Balaban J connectivity index is 2.62. The topological polar surface area (TPSA) is 36.0 Å². The number of fused-ring (bicyclic) bond motifs is 1. The van der Waals surface area contributed by atoms with Crippen LogP contribution in [0.25, 0.3) is 10.9 Å². The minimum Gasteiger partial charge on any atom is -0.396 e. The van der Waals surface area contributed by atoms with E-state index >= 15 is 0 Å². The van der Waals surface area contributed by atoms with Gasteiger partial charge in [0.05, 0.1) is 0 Å². The molecule has 2 aromatic rings. The molecule has 2 rings (SSSR count). The van der Waals surface area contributed by atoms with Gasteiger partial charge in [-0.05, 0) is 36.6 Å². The minimum absolute atomic E-state index is 0.00560. The van der Waals surface area contributed by atoms with Crippen LogP contribution in [0, 0.1) is 5.82 Å². The first kappa shape index (κ1) is 12.9. The SMILES string of the molecule is OCCCc1c(C(F)(F)F)[nH]c2ccc(F)cc12. The van der Waals surface area contributed by atoms with Crippen molar-refractivity contribution >= 4 is 10.9 Å². The van der Waals surface area contributed by atoms with Crippen molar-refractivity contribution in [2.75, 3.05) is 6.61 Å². The highest BCUT2D eigenvalue weighted by atomic mass is 19.4. The number of aromatic amines is 1. The lowest BCUT2D eigenvalue weighted by atomic mass is 10.1. The number of nitrogens with one attached hydrogen (secondary N) is 1. The van der Waals surface area contributed by atoms with E-state index in [2.05, 4.69) is 4.98 Å². The van der Waals surface area contributed by atoms with Crippen molar-refractivity contribution in [3.63, 3.8) is 0 Å². The van der Waals surface area contributed by atoms with E-state index in [4.69, 9.17) is 5.11 Å². The second kappa shape index (κ2) is 4.61. The maximum atomic E-state index is 13.1. The van der Waals surface area contributed by atoms with Gasteiger partial charge >= 0.3 is 6.18 Å². The van der Waals surface area contributed by atoms with Gasteiger partial charge in [-0.2, -0.15) is 13.2 Å². The Hall–Kier alpha value is -1.56. The van der Waals surface area contributed by atoms with Crippen LogP contribution in [0.4, 0.5) is 17.6 Å². The molecule has 0 unspecified atom stereocenters. The third-order valence-corrected chi connectivity index (χ3v) is 2.74. The summed E-state index contributed by atoms with van der Waals surface area (Å²) in [6.45, 7) is -0.209. The number of aryl methyl sites for hydroxylation is 1. The van der Waals surface area contributed by atoms with Gasteiger partial charge < -0.3 is 10.1 Å². The number of hydrogen-bond acceptors (Lipinski definition) is 1. The molecule has 1 aromatic carbocycles. The van der Waals surface area contributed by atoms with Crippen LogP contribution >= 0.6 is 0 Å². The van der Waals surface area contributed by atoms with E-state index in [1.165, 1.54) is 6.07 Å². The van der Waals surface area contributed by atoms with Crippen molar-refractivity contribution in [2.24, 2.45) is 0 Å². The van der Waals surface area contributed by atoms with Gasteiger partial charge in [0, 0.05) is 17.5 Å². The Kier molecular flexibility index (Phi) is 3.30. The van der Waals surface area contributed by atoms with Crippen LogP contribution in [-0.4, -0.2) is 16.7 Å². The summed E-state index contributed by atoms with van der Waals surface area (Å²) in [4.78, 5) is 2.27. The van der Waals surface area contributed by atoms with E-state index in [1.54, 1.807) is 0 Å². The molecule has 0 saturated heterocycles. The standard InChI is InChI=1S/C12H11F4NO/c13-7-3-4-10-9(6-7)8(2-1-5-18)11(17-10)12(14,15)16/h3-4,6,17-18H,1-2,5H2. The fourth-order valence-electron chi connectivity index (χ4n) is 1.98. The van der Waals surface area contributed by atoms with Crippen molar-refractivity contribution < 1.29 is 22.7 Å². The molecular weight excluding hydrogens is 250 g/mol. The average Bonchev–Trinajstić information content (AvgIpc) is 2.64. The van der Waals surface area contributed by atoms with Crippen LogP contribution in [0.3, 0.4) is 0 Å². The molecular formula is C12H11F4NO. The van der Waals surface area contributed by atoms with Crippen LogP contribution in [0.15, 0.2) is 18.2 Å². The van der Waals surface area contributed by atoms with Crippen LogP contribution in [0.2, 0.25) is 0 Å². The van der Waals surface area contributed by atoms with Gasteiger partial charge in [0.1, 0.15) is 11.5 Å². The molecule has 2 N–H and O–H groups in total. The molecule has 0 radical (unpaired) electrons. The second-order valence-electron chi connectivity index (χ2n) is 3.99. The molecule has 0 saturated carbocycles. The number of aromatic nitrogens is 1. The zero-order valence-electron chi connectivity index (χ0n) is 9.31. The number of halogens is 4. The molecule has 0 bridgehead atoms. The molecule has 6 heteroatoms. The van der Waals surface area contributed by atoms with E-state index in [0.717, 1.165) is 12.1 Å². The Morgan fingerprint density at radius 2 is 1.94 bits per heavy atom. The first-order valence-corrected chi connectivity index (χ1v) is 5.41. The molecule has 0 aliphatic carbocycles. The summed E-state index contributed by atoms with van der Waals surface area (Å²) in [5.74, 6) is -0.583. The van der Waals surface area contributed by atoms with Crippen LogP contribution in [0.5, 0.6) is 0 Å². The van der Waals surface area contributed by atoms with Crippen LogP contribution < -0.4 is 0 Å². The Labute approximate surface area is 100 Å². The molecule has 0 amide bonds. The van der Waals surface area contributed by atoms with Crippen molar-refractivity contribution in [1.29, 1.82) is 0 Å². The summed E-state index contributed by atoms with van der Waals surface area (Å²) in [6, 6.07) is 3.46. The van der Waals surface area contributed by atoms with Gasteiger partial charge in [-0.25, -0.2) is 4.39 Å². The quantitative estimate of drug-likeness (QED) is 0.817. The zero-order chi connectivity index (χ0) is 13.3. The van der Waals surface area contributed by atoms with Crippen LogP contribution in [0.1, 0.15) is 17.7 Å². The number of rotatable bonds is 3. The average molecular weight is 261 g/mol. The first-order valence-electron chi connectivity index (χ1n) is 5.41. The van der Waals surface area contributed by atoms with Gasteiger partial charge in [-0.1, -0.05) is 0 Å². The number of aliphatic hydroxyl groups excluding tert-OH is 1. The van der Waals surface area contributed by atoms with Gasteiger partial charge in [-0.15, -0.1) is 0 Å². The fraction of sp³-hybridized carbons (Fsp3) is 0.333. The van der Waals surface area contributed by atoms with Crippen LogP contribution in [-0.2, 0) is 12.6 Å². The maximum Gasteiger partial charge on any atom is 0.431 e. The molecule has 1 aromatic heterocycles. The fourth-order valence-corrected chi connectivity index (χ4v) is 1.98. The van der Waals surface area contributed by atoms with Crippen molar-refractivity contribution in [3.05, 3.63) is 35.3 Å². The molecule has 2 nitrogen and oxygen atoms in total. The molecule has 98 valence electrons. The number of alkyl halides is 3. The third-order valence-electron chi connectivity index (χ3n) is 2.74. The lowest BCUT2D eigenvalue weighted by Gasteiger charge is -2.07. The van der Waals surface area contributed by atoms with Crippen molar-refractivity contribution in [1.82, 2.24) is 4.98 Å². The largest absolute Gasteiger partial charge is 0.431 e. The molecule has 0 aliphatic heterocycles. The monoisotopic (exact) mass is 261 g/mol. The van der Waals surface area contributed by atoms with Crippen molar-refractivity contribution in [2.45, 2.75) is 19.0 Å². The molecule has 0 spiro atoms. The first-order chi connectivity index (χ1) is 8.43. The number of hydrogen-bond donors (Lipinski definition) is 2. The molecule has 0 aliphatic rings. The smallest absolute Gasteiger partial charge is 0.396 e. The summed E-state index contributed by atoms with van der Waals surface area (Å²) in [6.07, 6.45) is -4.26. The predicted molar refractivity (Wildman–Crippen MR) is 58.7 cm³/mol. The Morgan fingerprint density at radius 1 is 1.22 bits per heavy atom. The summed E-state index contributed by atoms with van der Waals surface area (Å²) in [5.41, 5.74) is -0.612. The van der Waals surface area contributed by atoms with Crippen molar-refractivity contribution in [3.8, 4) is 0 Å². The highest BCUT2D eigenvalue weighted by molar-refractivity contribution is 5.85. The van der Waals surface area contributed by atoms with Gasteiger partial charge in [0.25, 0.3) is 0 Å². The number of H-pyrrole nitrogens is 1. The highest BCUT2D eigenvalue weighted by Gasteiger charge is 2.36. The Bertz CT molecular complexity index is 559. The van der Waals surface area contributed by atoms with E-state index in [-0.39, 0.29) is 35.9 Å². The van der Waals surface area contributed by atoms with E-state index < -0.39 is 17.7 Å². The highest BCUT2D eigenvalue weighted by Crippen LogP contribution is 2.36. The zero-order valence-corrected chi connectivity index (χ0v) is 9.31. The number of benzene rings is 1.